The van der Waals surface area contributed by atoms with Gasteiger partial charge >= 0.3 is 0 Å². The van der Waals surface area contributed by atoms with Crippen LogP contribution in [0.3, 0.4) is 0 Å². The SMILES string of the molecule is c1ccc(-c2ccc3cc(-c4ccc(-c5cccc6c5sc5ccccc56)cc4)c4ccc(-c5ccccn5)nc4c3n2)nc1. The molecule has 0 fully saturated rings. The highest BCUT2D eigenvalue weighted by molar-refractivity contribution is 7.26. The maximum Gasteiger partial charge on any atom is 0.0979 e. The molecule has 5 heteroatoms. The summed E-state index contributed by atoms with van der Waals surface area (Å²) in [6.45, 7) is 0. The van der Waals surface area contributed by atoms with Gasteiger partial charge in [-0.05, 0) is 76.9 Å². The first kappa shape index (κ1) is 25.7. The van der Waals surface area contributed by atoms with Crippen molar-refractivity contribution < 1.29 is 0 Å². The lowest BCUT2D eigenvalue weighted by Gasteiger charge is -2.13. The van der Waals surface area contributed by atoms with Gasteiger partial charge in [0.15, 0.2) is 0 Å². The van der Waals surface area contributed by atoms with E-state index in [4.69, 9.17) is 9.97 Å². The summed E-state index contributed by atoms with van der Waals surface area (Å²) < 4.78 is 2.64. The fourth-order valence-corrected chi connectivity index (χ4v) is 7.46. The first-order chi connectivity index (χ1) is 22.3. The average Bonchev–Trinajstić information content (AvgIpc) is 3.51. The van der Waals surface area contributed by atoms with Gasteiger partial charge in [0.1, 0.15) is 0 Å². The van der Waals surface area contributed by atoms with Crippen LogP contribution >= 0.6 is 11.3 Å². The molecule has 0 radical (unpaired) electrons. The highest BCUT2D eigenvalue weighted by Gasteiger charge is 2.15. The summed E-state index contributed by atoms with van der Waals surface area (Å²) in [6, 6.07) is 46.6. The van der Waals surface area contributed by atoms with E-state index in [1.807, 2.05) is 53.8 Å². The number of pyridine rings is 4. The van der Waals surface area contributed by atoms with Crippen LogP contribution in [0.5, 0.6) is 0 Å². The van der Waals surface area contributed by atoms with Gasteiger partial charge in [0.25, 0.3) is 0 Å². The van der Waals surface area contributed by atoms with E-state index in [0.717, 1.165) is 55.7 Å². The highest BCUT2D eigenvalue weighted by atomic mass is 32.1. The molecule has 9 rings (SSSR count). The minimum absolute atomic E-state index is 0.818. The van der Waals surface area contributed by atoms with Gasteiger partial charge < -0.3 is 0 Å². The number of hydrogen-bond donors (Lipinski definition) is 0. The van der Waals surface area contributed by atoms with E-state index < -0.39 is 0 Å². The number of aromatic nitrogens is 4. The molecule has 0 N–H and O–H groups in total. The van der Waals surface area contributed by atoms with Gasteiger partial charge in [0.2, 0.25) is 0 Å². The predicted molar refractivity (Wildman–Crippen MR) is 187 cm³/mol. The smallest absolute Gasteiger partial charge is 0.0979 e. The number of hydrogen-bond acceptors (Lipinski definition) is 5. The fraction of sp³-hybridized carbons (Fsp3) is 0. The van der Waals surface area contributed by atoms with Crippen molar-refractivity contribution in [3.8, 4) is 45.0 Å². The summed E-state index contributed by atoms with van der Waals surface area (Å²) in [7, 11) is 0. The molecule has 0 spiro atoms. The summed E-state index contributed by atoms with van der Waals surface area (Å²) in [5.41, 5.74) is 9.73. The molecule has 0 aliphatic heterocycles. The van der Waals surface area contributed by atoms with E-state index in [0.29, 0.717) is 0 Å². The van der Waals surface area contributed by atoms with Gasteiger partial charge in [0.05, 0.1) is 33.8 Å². The lowest BCUT2D eigenvalue weighted by Crippen LogP contribution is -1.94. The Morgan fingerprint density at radius 2 is 1.07 bits per heavy atom. The Hall–Kier alpha value is -5.78. The molecule has 0 amide bonds. The van der Waals surface area contributed by atoms with E-state index in [-0.39, 0.29) is 0 Å². The van der Waals surface area contributed by atoms with Gasteiger partial charge in [-0.2, -0.15) is 0 Å². The van der Waals surface area contributed by atoms with Crippen LogP contribution in [0, 0.1) is 0 Å². The Bertz CT molecular complexity index is 2520. The number of nitrogens with zero attached hydrogens (tertiary/aromatic N) is 4. The maximum absolute atomic E-state index is 5.17. The molecule has 0 saturated heterocycles. The molecule has 9 aromatic rings. The number of benzene rings is 4. The molecular weight excluding hydrogens is 569 g/mol. The lowest BCUT2D eigenvalue weighted by atomic mass is 9.95. The molecule has 5 heterocycles. The summed E-state index contributed by atoms with van der Waals surface area (Å²) in [6.07, 6.45) is 3.60. The molecule has 0 bridgehead atoms. The van der Waals surface area contributed by atoms with E-state index in [9.17, 15) is 0 Å². The molecule has 0 saturated carbocycles. The zero-order valence-electron chi connectivity index (χ0n) is 24.1. The van der Waals surface area contributed by atoms with Crippen molar-refractivity contribution in [3.63, 3.8) is 0 Å². The van der Waals surface area contributed by atoms with Crippen LogP contribution < -0.4 is 0 Å². The molecule has 0 aliphatic carbocycles. The second-order valence-corrected chi connectivity index (χ2v) is 12.1. The van der Waals surface area contributed by atoms with Gasteiger partial charge in [-0.25, -0.2) is 9.97 Å². The average molecular weight is 593 g/mol. The maximum atomic E-state index is 5.17. The second kappa shape index (κ2) is 10.4. The van der Waals surface area contributed by atoms with Crippen molar-refractivity contribution in [2.45, 2.75) is 0 Å². The molecule has 45 heavy (non-hydrogen) atoms. The van der Waals surface area contributed by atoms with E-state index in [1.165, 1.54) is 31.3 Å². The third kappa shape index (κ3) is 4.36. The van der Waals surface area contributed by atoms with Crippen molar-refractivity contribution >= 4 is 53.3 Å². The van der Waals surface area contributed by atoms with Crippen LogP contribution in [0.4, 0.5) is 0 Å². The highest BCUT2D eigenvalue weighted by Crippen LogP contribution is 2.41. The largest absolute Gasteiger partial charge is 0.255 e. The van der Waals surface area contributed by atoms with Crippen molar-refractivity contribution in [1.29, 1.82) is 0 Å². The van der Waals surface area contributed by atoms with Crippen molar-refractivity contribution in [3.05, 3.63) is 146 Å². The Kier molecular flexibility index (Phi) is 5.96. The van der Waals surface area contributed by atoms with Crippen LogP contribution in [0.25, 0.3) is 87.0 Å². The van der Waals surface area contributed by atoms with Crippen LogP contribution in [-0.2, 0) is 0 Å². The molecular formula is C40H24N4S. The number of fused-ring (bicyclic) bond motifs is 6. The second-order valence-electron chi connectivity index (χ2n) is 11.1. The number of rotatable bonds is 4. The van der Waals surface area contributed by atoms with Crippen molar-refractivity contribution in [1.82, 2.24) is 19.9 Å². The van der Waals surface area contributed by atoms with Crippen molar-refractivity contribution in [2.24, 2.45) is 0 Å². The third-order valence-electron chi connectivity index (χ3n) is 8.40. The number of thiophene rings is 1. The normalized spacial score (nSPS) is 11.6. The predicted octanol–water partition coefficient (Wildman–Crippen LogP) is 10.6. The van der Waals surface area contributed by atoms with E-state index in [1.54, 1.807) is 12.4 Å². The lowest BCUT2D eigenvalue weighted by molar-refractivity contribution is 1.26. The Labute approximate surface area is 263 Å². The minimum atomic E-state index is 0.818. The minimum Gasteiger partial charge on any atom is -0.255 e. The Morgan fingerprint density at radius 3 is 1.80 bits per heavy atom. The van der Waals surface area contributed by atoms with Gasteiger partial charge in [-0.1, -0.05) is 78.9 Å². The Balaban J connectivity index is 1.21. The molecule has 210 valence electrons. The molecule has 0 aliphatic rings. The summed E-state index contributed by atoms with van der Waals surface area (Å²) >= 11 is 1.86. The molecule has 0 unspecified atom stereocenters. The quantitative estimate of drug-likeness (QED) is 0.191. The van der Waals surface area contributed by atoms with Crippen LogP contribution in [0.2, 0.25) is 0 Å². The molecule has 4 aromatic carbocycles. The first-order valence-corrected chi connectivity index (χ1v) is 15.7. The monoisotopic (exact) mass is 592 g/mol. The third-order valence-corrected chi connectivity index (χ3v) is 9.62. The van der Waals surface area contributed by atoms with Crippen LogP contribution in [0.1, 0.15) is 0 Å². The van der Waals surface area contributed by atoms with Crippen LogP contribution in [-0.4, -0.2) is 19.9 Å². The van der Waals surface area contributed by atoms with Gasteiger partial charge in [0, 0.05) is 43.3 Å². The first-order valence-electron chi connectivity index (χ1n) is 14.9. The van der Waals surface area contributed by atoms with E-state index >= 15 is 0 Å². The van der Waals surface area contributed by atoms with Gasteiger partial charge in [-0.15, -0.1) is 11.3 Å². The summed E-state index contributed by atoms with van der Waals surface area (Å²) in [5, 5.41) is 4.70. The molecule has 4 nitrogen and oxygen atoms in total. The zero-order chi connectivity index (χ0) is 29.7. The molecule has 0 atom stereocenters. The fourth-order valence-electron chi connectivity index (χ4n) is 6.22. The van der Waals surface area contributed by atoms with Gasteiger partial charge in [-0.3, -0.25) is 9.97 Å². The van der Waals surface area contributed by atoms with Crippen LogP contribution in [0.15, 0.2) is 146 Å². The summed E-state index contributed by atoms with van der Waals surface area (Å²) in [5.74, 6) is 0. The van der Waals surface area contributed by atoms with Crippen molar-refractivity contribution in [2.75, 3.05) is 0 Å². The summed E-state index contributed by atoms with van der Waals surface area (Å²) in [4.78, 5) is 19.4. The zero-order valence-corrected chi connectivity index (χ0v) is 24.9. The van der Waals surface area contributed by atoms with E-state index in [2.05, 4.69) is 101 Å². The molecule has 5 aromatic heterocycles. The topological polar surface area (TPSA) is 51.6 Å². The Morgan fingerprint density at radius 1 is 0.422 bits per heavy atom. The standard InChI is InChI=1S/C40H24N4S/c1-2-13-37-29(8-1)31-10-7-9-28(40(31)45-37)25-14-16-26(17-15-25)32-24-27-18-20-35(33-11-3-5-22-41-33)43-38(27)39-30(32)19-21-36(44-39)34-12-4-6-23-42-34/h1-24H.